The monoisotopic (exact) mass is 528 g/mol. The summed E-state index contributed by atoms with van der Waals surface area (Å²) in [5.74, 6) is -0.547. The zero-order valence-corrected chi connectivity index (χ0v) is 21.6. The summed E-state index contributed by atoms with van der Waals surface area (Å²) in [6, 6.07) is 19.7. The van der Waals surface area contributed by atoms with Gasteiger partial charge in [-0.2, -0.15) is 5.10 Å². The van der Waals surface area contributed by atoms with E-state index in [4.69, 9.17) is 27.9 Å². The topological polar surface area (TPSA) is 78.3 Å². The fourth-order valence-corrected chi connectivity index (χ4v) is 4.87. The summed E-state index contributed by atoms with van der Waals surface area (Å²) >= 11 is 12.6. The normalized spacial score (nSPS) is 11.5. The van der Waals surface area contributed by atoms with E-state index in [1.54, 1.807) is 41.1 Å². The van der Waals surface area contributed by atoms with Gasteiger partial charge in [0.15, 0.2) is 15.5 Å². The van der Waals surface area contributed by atoms with Gasteiger partial charge in [-0.15, -0.1) is 0 Å². The molecule has 0 aliphatic heterocycles. The van der Waals surface area contributed by atoms with E-state index >= 15 is 0 Å². The first-order valence-electron chi connectivity index (χ1n) is 10.6. The van der Waals surface area contributed by atoms with Gasteiger partial charge in [0.05, 0.1) is 34.3 Å². The minimum atomic E-state index is -3.32. The first kappa shape index (κ1) is 25.0. The summed E-state index contributed by atoms with van der Waals surface area (Å²) in [6.45, 7) is 2.24. The second-order valence-electron chi connectivity index (χ2n) is 8.11. The third-order valence-electron chi connectivity index (χ3n) is 5.62. The summed E-state index contributed by atoms with van der Waals surface area (Å²) < 4.78 is 30.5. The average molecular weight is 529 g/mol. The van der Waals surface area contributed by atoms with Crippen LogP contribution in [0.3, 0.4) is 0 Å². The Bertz CT molecular complexity index is 1540. The van der Waals surface area contributed by atoms with Crippen LogP contribution in [0.5, 0.6) is 0 Å². The van der Waals surface area contributed by atoms with Crippen molar-refractivity contribution >= 4 is 39.0 Å². The van der Waals surface area contributed by atoms with Gasteiger partial charge in [0.25, 0.3) is 0 Å². The number of carbonyl (C=O) groups excluding carboxylic acids is 1. The summed E-state index contributed by atoms with van der Waals surface area (Å²) in [6.07, 6.45) is 1.19. The van der Waals surface area contributed by atoms with E-state index in [2.05, 4.69) is 5.10 Å². The molecule has 0 bridgehead atoms. The van der Waals surface area contributed by atoms with Crippen LogP contribution >= 0.6 is 23.2 Å². The number of hydrogen-bond acceptors (Lipinski definition) is 5. The zero-order chi connectivity index (χ0) is 25.3. The lowest BCUT2D eigenvalue weighted by atomic mass is 9.98. The maximum absolute atomic E-state index is 12.2. The summed E-state index contributed by atoms with van der Waals surface area (Å²) in [7, 11) is -2.02. The van der Waals surface area contributed by atoms with Crippen LogP contribution in [-0.4, -0.2) is 37.5 Å². The Morgan fingerprint density at radius 1 is 1.00 bits per heavy atom. The van der Waals surface area contributed by atoms with Crippen LogP contribution < -0.4 is 0 Å². The largest absolute Gasteiger partial charge is 0.464 e. The number of aromatic nitrogens is 2. The van der Waals surface area contributed by atoms with Crippen LogP contribution in [0.1, 0.15) is 21.6 Å². The van der Waals surface area contributed by atoms with Crippen molar-refractivity contribution in [2.24, 2.45) is 0 Å². The molecule has 3 aromatic carbocycles. The number of aryl methyl sites for hydroxylation is 1. The number of carbonyl (C=O) groups is 1. The fourth-order valence-electron chi connectivity index (χ4n) is 3.83. The lowest BCUT2D eigenvalue weighted by Gasteiger charge is -2.13. The minimum Gasteiger partial charge on any atom is -0.464 e. The van der Waals surface area contributed by atoms with Gasteiger partial charge >= 0.3 is 5.97 Å². The molecule has 0 atom stereocenters. The average Bonchev–Trinajstić information content (AvgIpc) is 3.24. The summed E-state index contributed by atoms with van der Waals surface area (Å²) in [4.78, 5) is 12.5. The number of benzene rings is 3. The van der Waals surface area contributed by atoms with Gasteiger partial charge in [0, 0.05) is 11.8 Å². The molecule has 4 aromatic rings. The number of rotatable bonds is 6. The number of esters is 1. The van der Waals surface area contributed by atoms with E-state index in [0.717, 1.165) is 27.8 Å². The molecule has 0 fully saturated rings. The molecule has 4 rings (SSSR count). The third kappa shape index (κ3) is 5.27. The molecule has 0 aliphatic carbocycles. The van der Waals surface area contributed by atoms with E-state index in [1.807, 2.05) is 37.3 Å². The predicted molar refractivity (Wildman–Crippen MR) is 138 cm³/mol. The van der Waals surface area contributed by atoms with Gasteiger partial charge in [-0.3, -0.25) is 4.68 Å². The Balaban J connectivity index is 1.79. The molecule has 180 valence electrons. The van der Waals surface area contributed by atoms with Crippen molar-refractivity contribution in [2.45, 2.75) is 18.4 Å². The SMILES string of the molecule is COC(=O)c1cc(-c2ccc(-c3cccc(S(C)(=O)=O)c3)cc2C)n(Cc2cccc(Cl)c2Cl)n1. The molecule has 0 spiro atoms. The van der Waals surface area contributed by atoms with Gasteiger partial charge in [-0.1, -0.05) is 65.7 Å². The minimum absolute atomic E-state index is 0.171. The molecule has 0 unspecified atom stereocenters. The molecule has 0 saturated carbocycles. The highest BCUT2D eigenvalue weighted by Crippen LogP contribution is 2.32. The highest BCUT2D eigenvalue weighted by molar-refractivity contribution is 7.90. The van der Waals surface area contributed by atoms with Crippen LogP contribution in [0.4, 0.5) is 0 Å². The lowest BCUT2D eigenvalue weighted by molar-refractivity contribution is 0.0593. The van der Waals surface area contributed by atoms with E-state index in [9.17, 15) is 13.2 Å². The fraction of sp³-hybridized carbons (Fsp3) is 0.154. The molecule has 0 amide bonds. The maximum Gasteiger partial charge on any atom is 0.358 e. The van der Waals surface area contributed by atoms with Gasteiger partial charge < -0.3 is 4.74 Å². The predicted octanol–water partition coefficient (Wildman–Crippen LogP) is 6.07. The van der Waals surface area contributed by atoms with Crippen LogP contribution in [0.15, 0.2) is 71.6 Å². The third-order valence-corrected chi connectivity index (χ3v) is 7.59. The van der Waals surface area contributed by atoms with Crippen molar-refractivity contribution in [1.82, 2.24) is 9.78 Å². The number of sulfone groups is 1. The standard InChI is InChI=1S/C26H22Cl2N2O4S/c1-16-12-18(17-6-4-8-20(13-17)35(3,32)33)10-11-21(16)24-14-23(26(31)34-2)29-30(24)15-19-7-5-9-22(27)25(19)28/h4-14H,15H2,1-3H3. The van der Waals surface area contributed by atoms with Crippen molar-refractivity contribution in [2.75, 3.05) is 13.4 Å². The summed E-state index contributed by atoms with van der Waals surface area (Å²) in [5, 5.41) is 5.31. The lowest BCUT2D eigenvalue weighted by Crippen LogP contribution is -2.07. The van der Waals surface area contributed by atoms with Crippen molar-refractivity contribution in [3.8, 4) is 22.4 Å². The van der Waals surface area contributed by atoms with Gasteiger partial charge in [0.1, 0.15) is 0 Å². The van der Waals surface area contributed by atoms with Crippen LogP contribution in [0.25, 0.3) is 22.4 Å². The summed E-state index contributed by atoms with van der Waals surface area (Å²) in [5.41, 5.74) is 5.06. The molecule has 1 heterocycles. The van der Waals surface area contributed by atoms with Gasteiger partial charge in [-0.25, -0.2) is 13.2 Å². The zero-order valence-electron chi connectivity index (χ0n) is 19.2. The maximum atomic E-state index is 12.2. The van der Waals surface area contributed by atoms with Crippen molar-refractivity contribution in [3.63, 3.8) is 0 Å². The van der Waals surface area contributed by atoms with Crippen molar-refractivity contribution in [1.29, 1.82) is 0 Å². The quantitative estimate of drug-likeness (QED) is 0.283. The molecule has 35 heavy (non-hydrogen) atoms. The molecule has 9 heteroatoms. The Morgan fingerprint density at radius 2 is 1.71 bits per heavy atom. The molecule has 0 aliphatic rings. The molecule has 0 saturated heterocycles. The van der Waals surface area contributed by atoms with Crippen molar-refractivity contribution < 1.29 is 17.9 Å². The van der Waals surface area contributed by atoms with E-state index in [-0.39, 0.29) is 10.6 Å². The number of hydrogen-bond donors (Lipinski definition) is 0. The van der Waals surface area contributed by atoms with E-state index in [1.165, 1.54) is 13.4 Å². The molecule has 0 N–H and O–H groups in total. The number of methoxy groups -OCH3 is 1. The van der Waals surface area contributed by atoms with Crippen LogP contribution in [-0.2, 0) is 21.1 Å². The Labute approximate surface area is 214 Å². The van der Waals surface area contributed by atoms with E-state index in [0.29, 0.717) is 22.3 Å². The Kier molecular flexibility index (Phi) is 7.03. The van der Waals surface area contributed by atoms with Gasteiger partial charge in [0.2, 0.25) is 0 Å². The van der Waals surface area contributed by atoms with Crippen LogP contribution in [0, 0.1) is 6.92 Å². The molecular formula is C26H22Cl2N2O4S. The Hall–Kier alpha value is -3.13. The Morgan fingerprint density at radius 3 is 2.40 bits per heavy atom. The first-order chi connectivity index (χ1) is 16.6. The van der Waals surface area contributed by atoms with Gasteiger partial charge in [-0.05, 0) is 53.4 Å². The van der Waals surface area contributed by atoms with Crippen LogP contribution in [0.2, 0.25) is 10.0 Å². The molecule has 6 nitrogen and oxygen atoms in total. The number of ether oxygens (including phenoxy) is 1. The van der Waals surface area contributed by atoms with Crippen molar-refractivity contribution in [3.05, 3.63) is 93.6 Å². The second kappa shape index (κ2) is 9.85. The number of halogens is 2. The molecule has 0 radical (unpaired) electrons. The smallest absolute Gasteiger partial charge is 0.358 e. The highest BCUT2D eigenvalue weighted by atomic mass is 35.5. The molecular weight excluding hydrogens is 507 g/mol. The highest BCUT2D eigenvalue weighted by Gasteiger charge is 2.19. The first-order valence-corrected chi connectivity index (χ1v) is 13.2. The number of nitrogens with zero attached hydrogens (tertiary/aromatic N) is 2. The molecule has 1 aromatic heterocycles. The second-order valence-corrected chi connectivity index (χ2v) is 10.9. The van der Waals surface area contributed by atoms with E-state index < -0.39 is 15.8 Å².